The number of aliphatic carboxylic acids is 1. The highest BCUT2D eigenvalue weighted by atomic mass is 16.4. The van der Waals surface area contributed by atoms with E-state index in [0.717, 1.165) is 13.0 Å². The van der Waals surface area contributed by atoms with Crippen molar-refractivity contribution in [3.05, 3.63) is 0 Å². The molecule has 1 aliphatic rings. The number of nitrogens with zero attached hydrogens (tertiary/aromatic N) is 1. The zero-order valence-electron chi connectivity index (χ0n) is 16.0. The smallest absolute Gasteiger partial charge is 0.326 e. The summed E-state index contributed by atoms with van der Waals surface area (Å²) in [5.74, 6) is -1.81. The van der Waals surface area contributed by atoms with E-state index >= 15 is 0 Å². The van der Waals surface area contributed by atoms with Gasteiger partial charge in [-0.25, -0.2) is 4.79 Å². The SMILES string of the molecule is CC(C)CC(NC(=O)C(CCCN=C(N)N)NC(=O)C1CCCN1)C(=O)O. The van der Waals surface area contributed by atoms with Crippen molar-refractivity contribution in [2.45, 2.75) is 64.1 Å². The lowest BCUT2D eigenvalue weighted by Gasteiger charge is -2.23. The average molecular weight is 384 g/mol. The van der Waals surface area contributed by atoms with Crippen LogP contribution in [-0.2, 0) is 14.4 Å². The molecule has 2 amide bonds. The van der Waals surface area contributed by atoms with Crippen molar-refractivity contribution in [3.63, 3.8) is 0 Å². The van der Waals surface area contributed by atoms with Crippen LogP contribution in [0.4, 0.5) is 0 Å². The zero-order chi connectivity index (χ0) is 20.4. The molecule has 0 aromatic heterocycles. The average Bonchev–Trinajstić information content (AvgIpc) is 3.10. The van der Waals surface area contributed by atoms with E-state index in [-0.39, 0.29) is 23.8 Å². The molecule has 27 heavy (non-hydrogen) atoms. The predicted octanol–water partition coefficient (Wildman–Crippen LogP) is -1.11. The van der Waals surface area contributed by atoms with E-state index in [2.05, 4.69) is 20.9 Å². The summed E-state index contributed by atoms with van der Waals surface area (Å²) in [6, 6.07) is -2.17. The van der Waals surface area contributed by atoms with Crippen molar-refractivity contribution in [1.29, 1.82) is 0 Å². The van der Waals surface area contributed by atoms with Crippen LogP contribution >= 0.6 is 0 Å². The number of nitrogens with two attached hydrogens (primary N) is 2. The minimum absolute atomic E-state index is 0.0435. The number of guanidine groups is 1. The van der Waals surface area contributed by atoms with Gasteiger partial charge in [-0.1, -0.05) is 13.8 Å². The van der Waals surface area contributed by atoms with Crippen LogP contribution in [0.5, 0.6) is 0 Å². The van der Waals surface area contributed by atoms with Crippen LogP contribution in [0.3, 0.4) is 0 Å². The molecule has 1 saturated heterocycles. The number of hydrogen-bond acceptors (Lipinski definition) is 5. The number of nitrogens with one attached hydrogen (secondary N) is 3. The molecule has 0 aromatic carbocycles. The molecule has 154 valence electrons. The molecule has 1 heterocycles. The Kier molecular flexibility index (Phi) is 9.55. The number of aliphatic imine (C=N–C) groups is 1. The molecule has 8 N–H and O–H groups in total. The Morgan fingerprint density at radius 3 is 2.44 bits per heavy atom. The van der Waals surface area contributed by atoms with E-state index in [4.69, 9.17) is 11.5 Å². The quantitative estimate of drug-likeness (QED) is 0.149. The van der Waals surface area contributed by atoms with E-state index in [0.29, 0.717) is 32.2 Å². The van der Waals surface area contributed by atoms with Gasteiger partial charge in [0.15, 0.2) is 5.96 Å². The summed E-state index contributed by atoms with van der Waals surface area (Å²) in [5.41, 5.74) is 10.6. The molecule has 3 atom stereocenters. The predicted molar refractivity (Wildman–Crippen MR) is 102 cm³/mol. The van der Waals surface area contributed by atoms with Gasteiger partial charge >= 0.3 is 5.97 Å². The topological polar surface area (TPSA) is 172 Å². The Bertz CT molecular complexity index is 542. The van der Waals surface area contributed by atoms with E-state index < -0.39 is 24.0 Å². The summed E-state index contributed by atoms with van der Waals surface area (Å²) >= 11 is 0. The second-order valence-electron chi connectivity index (χ2n) is 7.19. The maximum Gasteiger partial charge on any atom is 0.326 e. The third kappa shape index (κ3) is 8.72. The fraction of sp³-hybridized carbons (Fsp3) is 0.765. The number of carbonyl (C=O) groups is 3. The maximum absolute atomic E-state index is 12.6. The Morgan fingerprint density at radius 1 is 1.22 bits per heavy atom. The molecule has 0 radical (unpaired) electrons. The van der Waals surface area contributed by atoms with E-state index in [1.807, 2.05) is 13.8 Å². The van der Waals surface area contributed by atoms with Gasteiger partial charge in [0, 0.05) is 6.54 Å². The van der Waals surface area contributed by atoms with Crippen LogP contribution in [0.1, 0.15) is 46.0 Å². The number of hydrogen-bond donors (Lipinski definition) is 6. The Hall–Kier alpha value is -2.36. The highest BCUT2D eigenvalue weighted by Gasteiger charge is 2.29. The van der Waals surface area contributed by atoms with Gasteiger partial charge in [-0.15, -0.1) is 0 Å². The second-order valence-corrected chi connectivity index (χ2v) is 7.19. The fourth-order valence-electron chi connectivity index (χ4n) is 2.92. The van der Waals surface area contributed by atoms with Gasteiger partial charge in [0.25, 0.3) is 0 Å². The zero-order valence-corrected chi connectivity index (χ0v) is 16.0. The number of carboxylic acids is 1. The summed E-state index contributed by atoms with van der Waals surface area (Å²) in [7, 11) is 0. The van der Waals surface area contributed by atoms with E-state index in [9.17, 15) is 19.5 Å². The molecule has 1 aliphatic heterocycles. The maximum atomic E-state index is 12.6. The molecule has 0 aromatic rings. The minimum atomic E-state index is -1.10. The summed E-state index contributed by atoms with van der Waals surface area (Å²) in [5, 5.41) is 17.7. The van der Waals surface area contributed by atoms with Gasteiger partial charge in [-0.3, -0.25) is 14.6 Å². The molecular formula is C17H32N6O4. The summed E-state index contributed by atoms with van der Waals surface area (Å²) in [6.45, 7) is 4.83. The summed E-state index contributed by atoms with van der Waals surface area (Å²) in [6.07, 6.45) is 2.68. The number of rotatable bonds is 11. The summed E-state index contributed by atoms with van der Waals surface area (Å²) in [4.78, 5) is 40.2. The number of carbonyl (C=O) groups excluding carboxylic acids is 2. The fourth-order valence-corrected chi connectivity index (χ4v) is 2.92. The second kappa shape index (κ2) is 11.4. The van der Waals surface area contributed by atoms with Crippen LogP contribution in [0.15, 0.2) is 4.99 Å². The first kappa shape index (κ1) is 22.7. The first-order valence-electron chi connectivity index (χ1n) is 9.33. The molecular weight excluding hydrogens is 352 g/mol. The normalized spacial score (nSPS) is 18.6. The van der Waals surface area contributed by atoms with Crippen LogP contribution in [0, 0.1) is 5.92 Å². The van der Waals surface area contributed by atoms with Crippen molar-refractivity contribution >= 4 is 23.7 Å². The van der Waals surface area contributed by atoms with Crippen molar-refractivity contribution in [3.8, 4) is 0 Å². The van der Waals surface area contributed by atoms with Gasteiger partial charge in [0.2, 0.25) is 11.8 Å². The number of amides is 2. The van der Waals surface area contributed by atoms with Crippen molar-refractivity contribution in [2.75, 3.05) is 13.1 Å². The van der Waals surface area contributed by atoms with Crippen LogP contribution < -0.4 is 27.4 Å². The molecule has 0 spiro atoms. The lowest BCUT2D eigenvalue weighted by Crippen LogP contribution is -2.54. The summed E-state index contributed by atoms with van der Waals surface area (Å²) < 4.78 is 0. The van der Waals surface area contributed by atoms with Crippen molar-refractivity contribution in [1.82, 2.24) is 16.0 Å². The standard InChI is InChI=1S/C17H32N6O4/c1-10(2)9-13(16(26)27)23-15(25)12(6-4-8-21-17(18)19)22-14(24)11-5-3-7-20-11/h10-13,20H,3-9H2,1-2H3,(H,22,24)(H,23,25)(H,26,27)(H4,18,19,21). The van der Waals surface area contributed by atoms with Gasteiger partial charge in [-0.2, -0.15) is 0 Å². The highest BCUT2D eigenvalue weighted by molar-refractivity contribution is 5.91. The van der Waals surface area contributed by atoms with Crippen LogP contribution in [-0.4, -0.2) is 60.1 Å². The van der Waals surface area contributed by atoms with E-state index in [1.165, 1.54) is 0 Å². The van der Waals surface area contributed by atoms with Gasteiger partial charge in [-0.05, 0) is 44.6 Å². The Balaban J connectivity index is 2.73. The first-order chi connectivity index (χ1) is 12.7. The molecule has 10 nitrogen and oxygen atoms in total. The third-order valence-electron chi connectivity index (χ3n) is 4.28. The molecule has 3 unspecified atom stereocenters. The molecule has 0 aliphatic carbocycles. The molecule has 1 fully saturated rings. The lowest BCUT2D eigenvalue weighted by atomic mass is 10.0. The molecule has 0 bridgehead atoms. The van der Waals surface area contributed by atoms with Gasteiger partial charge in [0.1, 0.15) is 12.1 Å². The Morgan fingerprint density at radius 2 is 1.93 bits per heavy atom. The first-order valence-corrected chi connectivity index (χ1v) is 9.33. The van der Waals surface area contributed by atoms with Gasteiger partial charge in [0.05, 0.1) is 6.04 Å². The van der Waals surface area contributed by atoms with Crippen LogP contribution in [0.2, 0.25) is 0 Å². The lowest BCUT2D eigenvalue weighted by molar-refractivity contribution is -0.142. The Labute approximate surface area is 159 Å². The van der Waals surface area contributed by atoms with E-state index in [1.54, 1.807) is 0 Å². The highest BCUT2D eigenvalue weighted by Crippen LogP contribution is 2.09. The van der Waals surface area contributed by atoms with Crippen molar-refractivity contribution in [2.24, 2.45) is 22.4 Å². The van der Waals surface area contributed by atoms with Crippen molar-refractivity contribution < 1.29 is 19.5 Å². The van der Waals surface area contributed by atoms with Crippen LogP contribution in [0.25, 0.3) is 0 Å². The minimum Gasteiger partial charge on any atom is -0.480 e. The number of carboxylic acid groups (broad SMARTS) is 1. The molecule has 10 heteroatoms. The monoisotopic (exact) mass is 384 g/mol. The molecule has 0 saturated carbocycles. The largest absolute Gasteiger partial charge is 0.480 e. The molecule has 1 rings (SSSR count). The third-order valence-corrected chi connectivity index (χ3v) is 4.28. The van der Waals surface area contributed by atoms with Gasteiger partial charge < -0.3 is 32.5 Å².